The minimum atomic E-state index is -3.85. The zero-order valence-electron chi connectivity index (χ0n) is 16.1. The summed E-state index contributed by atoms with van der Waals surface area (Å²) in [5, 5.41) is 5.39. The molecule has 0 aliphatic carbocycles. The number of piperazine rings is 1. The van der Waals surface area contributed by atoms with Crippen molar-refractivity contribution in [3.8, 4) is 5.75 Å². The number of ether oxygens (including phenoxy) is 1. The molecule has 0 aromatic heterocycles. The van der Waals surface area contributed by atoms with Crippen molar-refractivity contribution in [2.24, 2.45) is 0 Å². The maximum absolute atomic E-state index is 12.8. The molecule has 8 nitrogen and oxygen atoms in total. The summed E-state index contributed by atoms with van der Waals surface area (Å²) >= 11 is 0. The van der Waals surface area contributed by atoms with Crippen LogP contribution in [0.1, 0.15) is 15.9 Å². The summed E-state index contributed by atoms with van der Waals surface area (Å²) in [5.74, 6) is 0.0406. The Bertz CT molecular complexity index is 1010. The molecule has 1 saturated heterocycles. The third kappa shape index (κ3) is 4.93. The fourth-order valence-electron chi connectivity index (χ4n) is 3.09. The molecule has 9 heteroatoms. The summed E-state index contributed by atoms with van der Waals surface area (Å²) < 4.78 is 32.0. The number of amides is 2. The highest BCUT2D eigenvalue weighted by atomic mass is 32.2. The molecule has 1 aliphatic rings. The Morgan fingerprint density at radius 1 is 1.21 bits per heavy atom. The topological polar surface area (TPSA) is 105 Å². The molecule has 2 aromatic rings. The number of carbonyl (C=O) groups excluding carboxylic acids is 2. The normalized spacial score (nSPS) is 14.9. The van der Waals surface area contributed by atoms with Crippen LogP contribution in [0.5, 0.6) is 5.75 Å². The number of para-hydroxylation sites is 1. The lowest BCUT2D eigenvalue weighted by Crippen LogP contribution is -2.49. The van der Waals surface area contributed by atoms with Crippen molar-refractivity contribution in [2.75, 3.05) is 33.3 Å². The van der Waals surface area contributed by atoms with Gasteiger partial charge in [0.2, 0.25) is 15.9 Å². The third-order valence-electron chi connectivity index (χ3n) is 4.61. The first-order valence-electron chi connectivity index (χ1n) is 9.19. The van der Waals surface area contributed by atoms with Gasteiger partial charge in [-0.3, -0.25) is 9.59 Å². The highest BCUT2D eigenvalue weighted by Gasteiger charge is 2.29. The molecular weight excluding hydrogens is 394 g/mol. The maximum Gasteiger partial charge on any atom is 0.251 e. The van der Waals surface area contributed by atoms with Crippen LogP contribution in [0.2, 0.25) is 0 Å². The number of benzene rings is 2. The van der Waals surface area contributed by atoms with Crippen molar-refractivity contribution >= 4 is 21.8 Å². The van der Waals surface area contributed by atoms with Crippen molar-refractivity contribution in [3.63, 3.8) is 0 Å². The van der Waals surface area contributed by atoms with Crippen molar-refractivity contribution in [2.45, 2.75) is 11.3 Å². The summed E-state index contributed by atoms with van der Waals surface area (Å²) in [5.41, 5.74) is 1.21. The molecule has 2 N–H and O–H groups in total. The van der Waals surface area contributed by atoms with Crippen LogP contribution in [-0.4, -0.2) is 57.8 Å². The van der Waals surface area contributed by atoms with E-state index in [2.05, 4.69) is 10.6 Å². The summed E-state index contributed by atoms with van der Waals surface area (Å²) in [6.45, 7) is 0.616. The molecule has 0 spiro atoms. The molecule has 0 saturated carbocycles. The van der Waals surface area contributed by atoms with E-state index in [4.69, 9.17) is 4.74 Å². The maximum atomic E-state index is 12.8. The van der Waals surface area contributed by atoms with Gasteiger partial charge in [-0.2, -0.15) is 4.31 Å². The second kappa shape index (κ2) is 9.06. The van der Waals surface area contributed by atoms with E-state index in [9.17, 15) is 18.0 Å². The van der Waals surface area contributed by atoms with E-state index in [1.165, 1.54) is 18.2 Å². The molecule has 3 rings (SSSR count). The Hall–Kier alpha value is -2.91. The molecule has 0 unspecified atom stereocenters. The minimum absolute atomic E-state index is 0.00965. The quantitative estimate of drug-likeness (QED) is 0.693. The first kappa shape index (κ1) is 20.8. The smallest absolute Gasteiger partial charge is 0.251 e. The first-order chi connectivity index (χ1) is 13.9. The van der Waals surface area contributed by atoms with Crippen molar-refractivity contribution in [3.05, 3.63) is 59.7 Å². The Balaban J connectivity index is 1.67. The summed E-state index contributed by atoms with van der Waals surface area (Å²) in [4.78, 5) is 24.0. The van der Waals surface area contributed by atoms with E-state index in [1.54, 1.807) is 13.2 Å². The van der Waals surface area contributed by atoms with E-state index >= 15 is 0 Å². The fraction of sp³-hybridized carbons (Fsp3) is 0.300. The van der Waals surface area contributed by atoms with Crippen LogP contribution in [0.25, 0.3) is 0 Å². The molecule has 1 heterocycles. The highest BCUT2D eigenvalue weighted by molar-refractivity contribution is 7.89. The van der Waals surface area contributed by atoms with Crippen molar-refractivity contribution in [1.29, 1.82) is 0 Å². The zero-order valence-corrected chi connectivity index (χ0v) is 16.9. The average Bonchev–Trinajstić information content (AvgIpc) is 2.74. The average molecular weight is 417 g/mol. The van der Waals surface area contributed by atoms with Gasteiger partial charge in [0.05, 0.1) is 18.6 Å². The van der Waals surface area contributed by atoms with Gasteiger partial charge in [0.25, 0.3) is 5.91 Å². The predicted molar refractivity (Wildman–Crippen MR) is 107 cm³/mol. The number of hydrogen-bond acceptors (Lipinski definition) is 5. The molecule has 2 aromatic carbocycles. The molecule has 29 heavy (non-hydrogen) atoms. The van der Waals surface area contributed by atoms with Crippen LogP contribution in [0.3, 0.4) is 0 Å². The number of nitrogens with one attached hydrogen (secondary N) is 2. The van der Waals surface area contributed by atoms with Gasteiger partial charge >= 0.3 is 0 Å². The highest BCUT2D eigenvalue weighted by Crippen LogP contribution is 2.19. The fourth-order valence-corrected chi connectivity index (χ4v) is 4.53. The van der Waals surface area contributed by atoms with E-state index in [0.29, 0.717) is 13.0 Å². The van der Waals surface area contributed by atoms with Crippen molar-refractivity contribution < 1.29 is 22.7 Å². The van der Waals surface area contributed by atoms with E-state index in [-0.39, 0.29) is 41.9 Å². The number of nitrogens with zero attached hydrogens (tertiary/aromatic N) is 1. The van der Waals surface area contributed by atoms with Crippen LogP contribution < -0.4 is 15.4 Å². The number of methoxy groups -OCH3 is 1. The first-order valence-corrected chi connectivity index (χ1v) is 10.6. The van der Waals surface area contributed by atoms with Gasteiger partial charge < -0.3 is 15.4 Å². The molecule has 1 fully saturated rings. The standard InChI is InChI=1S/C20H23N3O5S/c1-28-18-8-3-2-5-15(18)9-10-22-20(25)16-6-4-7-17(13-16)29(26,27)23-12-11-21-19(24)14-23/h2-8,13H,9-12,14H2,1H3,(H,21,24)(H,22,25). The van der Waals surface area contributed by atoms with Gasteiger partial charge in [-0.15, -0.1) is 0 Å². The van der Waals surface area contributed by atoms with E-state index < -0.39 is 10.0 Å². The second-order valence-corrected chi connectivity index (χ2v) is 8.47. The van der Waals surface area contributed by atoms with E-state index in [0.717, 1.165) is 15.6 Å². The molecule has 0 bridgehead atoms. The van der Waals surface area contributed by atoms with Gasteiger partial charge in [0, 0.05) is 25.2 Å². The zero-order chi connectivity index (χ0) is 20.9. The van der Waals surface area contributed by atoms with Gasteiger partial charge in [-0.1, -0.05) is 24.3 Å². The van der Waals surface area contributed by atoms with Gasteiger partial charge in [-0.25, -0.2) is 8.42 Å². The summed E-state index contributed by atoms with van der Waals surface area (Å²) in [6.07, 6.45) is 0.580. The van der Waals surface area contributed by atoms with Crippen LogP contribution >= 0.6 is 0 Å². The Morgan fingerprint density at radius 2 is 2.00 bits per heavy atom. The van der Waals surface area contributed by atoms with Crippen molar-refractivity contribution in [1.82, 2.24) is 14.9 Å². The van der Waals surface area contributed by atoms with Crippen LogP contribution in [-0.2, 0) is 21.2 Å². The Labute approximate surface area is 169 Å². The van der Waals surface area contributed by atoms with Crippen LogP contribution in [0.4, 0.5) is 0 Å². The second-order valence-electron chi connectivity index (χ2n) is 6.53. The largest absolute Gasteiger partial charge is 0.496 e. The molecule has 0 atom stereocenters. The summed E-state index contributed by atoms with van der Waals surface area (Å²) in [6, 6.07) is 13.4. The SMILES string of the molecule is COc1ccccc1CCNC(=O)c1cccc(S(=O)(=O)N2CCNC(=O)C2)c1. The molecule has 2 amide bonds. The molecule has 154 valence electrons. The molecule has 1 aliphatic heterocycles. The van der Waals surface area contributed by atoms with Gasteiger partial charge in [0.15, 0.2) is 0 Å². The lowest BCUT2D eigenvalue weighted by atomic mass is 10.1. The number of rotatable bonds is 7. The Morgan fingerprint density at radius 3 is 2.76 bits per heavy atom. The lowest BCUT2D eigenvalue weighted by Gasteiger charge is -2.26. The number of carbonyl (C=O) groups is 2. The van der Waals surface area contributed by atoms with Gasteiger partial charge in [-0.05, 0) is 36.2 Å². The Kier molecular flexibility index (Phi) is 6.50. The number of sulfonamides is 1. The monoisotopic (exact) mass is 417 g/mol. The van der Waals surface area contributed by atoms with Crippen LogP contribution in [0.15, 0.2) is 53.4 Å². The third-order valence-corrected chi connectivity index (χ3v) is 6.45. The predicted octanol–water partition coefficient (Wildman–Crippen LogP) is 0.788. The summed E-state index contributed by atoms with van der Waals surface area (Å²) in [7, 11) is -2.25. The minimum Gasteiger partial charge on any atom is -0.496 e. The van der Waals surface area contributed by atoms with E-state index in [1.807, 2.05) is 24.3 Å². The molecule has 0 radical (unpaired) electrons. The molecular formula is C20H23N3O5S. The van der Waals surface area contributed by atoms with Gasteiger partial charge in [0.1, 0.15) is 5.75 Å². The number of hydrogen-bond donors (Lipinski definition) is 2. The van der Waals surface area contributed by atoms with Crippen LogP contribution in [0, 0.1) is 0 Å². The lowest BCUT2D eigenvalue weighted by molar-refractivity contribution is -0.122.